The highest BCUT2D eigenvalue weighted by molar-refractivity contribution is 5.92. The van der Waals surface area contributed by atoms with E-state index in [1.165, 1.54) is 0 Å². The van der Waals surface area contributed by atoms with Crippen LogP contribution in [0.5, 0.6) is 0 Å². The minimum atomic E-state index is -0.285. The van der Waals surface area contributed by atoms with Gasteiger partial charge in [-0.1, -0.05) is 6.92 Å². The van der Waals surface area contributed by atoms with Crippen molar-refractivity contribution in [1.29, 1.82) is 0 Å². The number of hydrogen-bond acceptors (Lipinski definition) is 4. The zero-order valence-corrected chi connectivity index (χ0v) is 14.0. The molecule has 2 atom stereocenters. The van der Waals surface area contributed by atoms with Crippen LogP contribution in [0.2, 0.25) is 0 Å². The van der Waals surface area contributed by atoms with E-state index in [9.17, 15) is 14.4 Å². The van der Waals surface area contributed by atoms with Gasteiger partial charge < -0.3 is 20.3 Å². The SMILES string of the molecule is CCCNC(=O)C1CC1C(=O)NC1CCN(C(=O)OCC)CC1. The summed E-state index contributed by atoms with van der Waals surface area (Å²) < 4.78 is 4.97. The fourth-order valence-corrected chi connectivity index (χ4v) is 2.88. The molecule has 2 fully saturated rings. The van der Waals surface area contributed by atoms with E-state index in [0.29, 0.717) is 32.7 Å². The van der Waals surface area contributed by atoms with Crippen LogP contribution in [-0.4, -0.2) is 55.1 Å². The van der Waals surface area contributed by atoms with Crippen LogP contribution in [0, 0.1) is 11.8 Å². The predicted octanol–water partition coefficient (Wildman–Crippen LogP) is 0.886. The molecule has 130 valence electrons. The fourth-order valence-electron chi connectivity index (χ4n) is 2.88. The molecule has 7 heteroatoms. The maximum atomic E-state index is 12.2. The molecule has 0 radical (unpaired) electrons. The third-order valence-corrected chi connectivity index (χ3v) is 4.38. The summed E-state index contributed by atoms with van der Waals surface area (Å²) in [6.45, 7) is 6.01. The van der Waals surface area contributed by atoms with Gasteiger partial charge in [0.1, 0.15) is 0 Å². The number of carbonyl (C=O) groups excluding carboxylic acids is 3. The first-order valence-corrected chi connectivity index (χ1v) is 8.56. The lowest BCUT2D eigenvalue weighted by atomic mass is 10.1. The summed E-state index contributed by atoms with van der Waals surface area (Å²) in [5.74, 6) is -0.392. The Kier molecular flexibility index (Phi) is 6.24. The van der Waals surface area contributed by atoms with Gasteiger partial charge in [-0.3, -0.25) is 9.59 Å². The van der Waals surface area contributed by atoms with Gasteiger partial charge >= 0.3 is 6.09 Å². The van der Waals surface area contributed by atoms with Crippen LogP contribution in [-0.2, 0) is 14.3 Å². The molecule has 2 unspecified atom stereocenters. The van der Waals surface area contributed by atoms with Crippen molar-refractivity contribution < 1.29 is 19.1 Å². The maximum Gasteiger partial charge on any atom is 0.409 e. The van der Waals surface area contributed by atoms with E-state index in [0.717, 1.165) is 19.3 Å². The third-order valence-electron chi connectivity index (χ3n) is 4.38. The van der Waals surface area contributed by atoms with E-state index in [2.05, 4.69) is 10.6 Å². The number of nitrogens with zero attached hydrogens (tertiary/aromatic N) is 1. The summed E-state index contributed by atoms with van der Waals surface area (Å²) in [4.78, 5) is 37.3. The summed E-state index contributed by atoms with van der Waals surface area (Å²) in [6, 6.07) is 0.0770. The van der Waals surface area contributed by atoms with Crippen LogP contribution in [0.4, 0.5) is 4.79 Å². The molecule has 0 spiro atoms. The largest absolute Gasteiger partial charge is 0.450 e. The predicted molar refractivity (Wildman–Crippen MR) is 84.7 cm³/mol. The lowest BCUT2D eigenvalue weighted by Crippen LogP contribution is -2.47. The fraction of sp³-hybridized carbons (Fsp3) is 0.812. The Labute approximate surface area is 137 Å². The van der Waals surface area contributed by atoms with Crippen LogP contribution >= 0.6 is 0 Å². The van der Waals surface area contributed by atoms with Gasteiger partial charge in [0.2, 0.25) is 11.8 Å². The van der Waals surface area contributed by atoms with Crippen molar-refractivity contribution >= 4 is 17.9 Å². The molecule has 2 N–H and O–H groups in total. The molecule has 0 aromatic rings. The molecule has 0 aromatic carbocycles. The first-order valence-electron chi connectivity index (χ1n) is 8.56. The average molecular weight is 325 g/mol. The Bertz CT molecular complexity index is 447. The zero-order valence-electron chi connectivity index (χ0n) is 14.0. The maximum absolute atomic E-state index is 12.2. The van der Waals surface area contributed by atoms with Gasteiger partial charge in [0.25, 0.3) is 0 Å². The van der Waals surface area contributed by atoms with E-state index in [4.69, 9.17) is 4.74 Å². The van der Waals surface area contributed by atoms with Crippen LogP contribution in [0.3, 0.4) is 0 Å². The van der Waals surface area contributed by atoms with Crippen molar-refractivity contribution in [2.75, 3.05) is 26.2 Å². The summed E-state index contributed by atoms with van der Waals surface area (Å²) in [5.41, 5.74) is 0. The van der Waals surface area contributed by atoms with E-state index >= 15 is 0 Å². The zero-order chi connectivity index (χ0) is 16.8. The summed E-state index contributed by atoms with van der Waals surface area (Å²) in [6.07, 6.45) is 2.71. The highest BCUT2D eigenvalue weighted by Crippen LogP contribution is 2.39. The Balaban J connectivity index is 1.68. The number of carbonyl (C=O) groups is 3. The molecule has 1 aliphatic carbocycles. The van der Waals surface area contributed by atoms with Crippen molar-refractivity contribution in [2.24, 2.45) is 11.8 Å². The lowest BCUT2D eigenvalue weighted by molar-refractivity contribution is -0.127. The quantitative estimate of drug-likeness (QED) is 0.759. The number of amides is 3. The number of ether oxygens (including phenoxy) is 1. The molecule has 7 nitrogen and oxygen atoms in total. The van der Waals surface area contributed by atoms with Crippen LogP contribution in [0.15, 0.2) is 0 Å². The van der Waals surface area contributed by atoms with E-state index in [1.807, 2.05) is 6.92 Å². The molecule has 2 rings (SSSR count). The Morgan fingerprint density at radius 2 is 1.74 bits per heavy atom. The molecular weight excluding hydrogens is 298 g/mol. The van der Waals surface area contributed by atoms with Crippen molar-refractivity contribution in [2.45, 2.75) is 45.6 Å². The van der Waals surface area contributed by atoms with Gasteiger partial charge in [-0.15, -0.1) is 0 Å². The Morgan fingerprint density at radius 1 is 1.09 bits per heavy atom. The van der Waals surface area contributed by atoms with Crippen LogP contribution in [0.1, 0.15) is 39.5 Å². The monoisotopic (exact) mass is 325 g/mol. The van der Waals surface area contributed by atoms with E-state index in [1.54, 1.807) is 11.8 Å². The molecular formula is C16H27N3O4. The highest BCUT2D eigenvalue weighted by Gasteiger charge is 2.48. The van der Waals surface area contributed by atoms with Crippen molar-refractivity contribution in [3.8, 4) is 0 Å². The van der Waals surface area contributed by atoms with Gasteiger partial charge in [0, 0.05) is 25.7 Å². The summed E-state index contributed by atoms with van der Waals surface area (Å²) >= 11 is 0. The van der Waals surface area contributed by atoms with Gasteiger partial charge in [-0.2, -0.15) is 0 Å². The molecule has 3 amide bonds. The van der Waals surface area contributed by atoms with E-state index < -0.39 is 0 Å². The smallest absolute Gasteiger partial charge is 0.409 e. The molecule has 1 saturated heterocycles. The highest BCUT2D eigenvalue weighted by atomic mass is 16.6. The molecule has 2 aliphatic rings. The van der Waals surface area contributed by atoms with Gasteiger partial charge in [0.05, 0.1) is 18.4 Å². The minimum absolute atomic E-state index is 0.0101. The molecule has 0 bridgehead atoms. The second-order valence-corrected chi connectivity index (χ2v) is 6.21. The van der Waals surface area contributed by atoms with E-state index in [-0.39, 0.29) is 35.8 Å². The first kappa shape index (κ1) is 17.6. The second-order valence-electron chi connectivity index (χ2n) is 6.21. The molecule has 23 heavy (non-hydrogen) atoms. The minimum Gasteiger partial charge on any atom is -0.450 e. The number of nitrogens with one attached hydrogen (secondary N) is 2. The second kappa shape index (κ2) is 8.17. The van der Waals surface area contributed by atoms with Crippen molar-refractivity contribution in [3.63, 3.8) is 0 Å². The number of likely N-dealkylation sites (tertiary alicyclic amines) is 1. The average Bonchev–Trinajstić information content (AvgIpc) is 3.34. The standard InChI is InChI=1S/C16H27N3O4/c1-3-7-17-14(20)12-10-13(12)15(21)18-11-5-8-19(9-6-11)16(22)23-4-2/h11-13H,3-10H2,1-2H3,(H,17,20)(H,18,21). The van der Waals surface area contributed by atoms with Gasteiger partial charge in [0.15, 0.2) is 0 Å². The van der Waals surface area contributed by atoms with Crippen LogP contribution < -0.4 is 10.6 Å². The third kappa shape index (κ3) is 4.84. The van der Waals surface area contributed by atoms with Crippen molar-refractivity contribution in [3.05, 3.63) is 0 Å². The Hall–Kier alpha value is -1.79. The number of rotatable bonds is 6. The molecule has 1 saturated carbocycles. The lowest BCUT2D eigenvalue weighted by Gasteiger charge is -2.31. The number of piperidine rings is 1. The first-order chi connectivity index (χ1) is 11.1. The molecule has 1 heterocycles. The summed E-state index contributed by atoms with van der Waals surface area (Å²) in [5, 5.41) is 5.85. The number of hydrogen-bond donors (Lipinski definition) is 2. The normalized spacial score (nSPS) is 24.0. The molecule has 1 aliphatic heterocycles. The van der Waals surface area contributed by atoms with Crippen molar-refractivity contribution in [1.82, 2.24) is 15.5 Å². The van der Waals surface area contributed by atoms with Gasteiger partial charge in [-0.25, -0.2) is 4.79 Å². The molecule has 0 aromatic heterocycles. The van der Waals surface area contributed by atoms with Gasteiger partial charge in [-0.05, 0) is 32.6 Å². The Morgan fingerprint density at radius 3 is 2.35 bits per heavy atom. The van der Waals surface area contributed by atoms with Crippen LogP contribution in [0.25, 0.3) is 0 Å². The topological polar surface area (TPSA) is 87.7 Å². The summed E-state index contributed by atoms with van der Waals surface area (Å²) in [7, 11) is 0.